The summed E-state index contributed by atoms with van der Waals surface area (Å²) < 4.78 is 7.97. The van der Waals surface area contributed by atoms with Crippen LogP contribution < -0.4 is 10.1 Å². The van der Waals surface area contributed by atoms with E-state index < -0.39 is 0 Å². The fourth-order valence-electron chi connectivity index (χ4n) is 2.87. The largest absolute Gasteiger partial charge is 0.497 e. The number of thioether (sulfide) groups is 1. The number of fused-ring (bicyclic) bond motifs is 1. The van der Waals surface area contributed by atoms with Crippen LogP contribution in [-0.4, -0.2) is 22.8 Å². The van der Waals surface area contributed by atoms with Gasteiger partial charge in [0.15, 0.2) is 0 Å². The molecule has 4 rings (SSSR count). The third-order valence-electron chi connectivity index (χ3n) is 4.22. The van der Waals surface area contributed by atoms with Gasteiger partial charge in [-0.25, -0.2) is 4.68 Å². The molecule has 0 saturated carbocycles. The number of hydrogen-bond donors (Lipinski definition) is 1. The van der Waals surface area contributed by atoms with Gasteiger partial charge in [0, 0.05) is 20.6 Å². The van der Waals surface area contributed by atoms with Crippen LogP contribution in [0.3, 0.4) is 0 Å². The van der Waals surface area contributed by atoms with Crippen molar-refractivity contribution < 1.29 is 9.53 Å². The molecule has 0 bridgehead atoms. The Labute approximate surface area is 169 Å². The second-order valence-electron chi connectivity index (χ2n) is 5.81. The Morgan fingerprint density at radius 3 is 2.69 bits per heavy atom. The number of hydrogen-bond acceptors (Lipinski definition) is 4. The smallest absolute Gasteiger partial charge is 0.257 e. The molecule has 1 aromatic heterocycles. The molecule has 2 aromatic carbocycles. The Balaban J connectivity index is 1.73. The van der Waals surface area contributed by atoms with Crippen molar-refractivity contribution in [2.75, 3.05) is 12.4 Å². The van der Waals surface area contributed by atoms with E-state index >= 15 is 0 Å². The van der Waals surface area contributed by atoms with Crippen LogP contribution in [0.15, 0.2) is 48.5 Å². The Kier molecular flexibility index (Phi) is 4.90. The van der Waals surface area contributed by atoms with Crippen LogP contribution in [0.1, 0.15) is 21.6 Å². The fourth-order valence-corrected chi connectivity index (χ4v) is 4.54. The van der Waals surface area contributed by atoms with E-state index in [4.69, 9.17) is 9.84 Å². The van der Waals surface area contributed by atoms with Crippen LogP contribution in [0, 0.1) is 3.57 Å². The summed E-state index contributed by atoms with van der Waals surface area (Å²) in [5, 5.41) is 7.81. The van der Waals surface area contributed by atoms with E-state index in [0.717, 1.165) is 43.6 Å². The van der Waals surface area contributed by atoms with Crippen molar-refractivity contribution in [3.63, 3.8) is 0 Å². The monoisotopic (exact) mass is 477 g/mol. The first-order chi connectivity index (χ1) is 12.7. The van der Waals surface area contributed by atoms with Crippen molar-refractivity contribution in [2.45, 2.75) is 11.5 Å². The molecule has 26 heavy (non-hydrogen) atoms. The second-order valence-corrected chi connectivity index (χ2v) is 7.96. The normalized spacial score (nSPS) is 12.7. The highest BCUT2D eigenvalue weighted by Crippen LogP contribution is 2.36. The fraction of sp³-hybridized carbons (Fsp3) is 0.158. The molecular formula is C19H16IN3O2S. The lowest BCUT2D eigenvalue weighted by Crippen LogP contribution is -2.17. The summed E-state index contributed by atoms with van der Waals surface area (Å²) in [6, 6.07) is 15.2. The molecule has 0 saturated heterocycles. The number of carbonyl (C=O) groups excluding carboxylic acids is 1. The quantitative estimate of drug-likeness (QED) is 0.563. The van der Waals surface area contributed by atoms with Gasteiger partial charge in [-0.2, -0.15) is 16.9 Å². The average Bonchev–Trinajstić information content (AvgIpc) is 3.25. The van der Waals surface area contributed by atoms with Crippen LogP contribution in [0.4, 0.5) is 5.82 Å². The molecule has 0 spiro atoms. The van der Waals surface area contributed by atoms with E-state index in [-0.39, 0.29) is 5.91 Å². The van der Waals surface area contributed by atoms with Gasteiger partial charge in [-0.3, -0.25) is 4.79 Å². The van der Waals surface area contributed by atoms with Gasteiger partial charge in [-0.05, 0) is 59.0 Å². The minimum atomic E-state index is -0.121. The molecule has 1 aliphatic heterocycles. The van der Waals surface area contributed by atoms with E-state index in [1.54, 1.807) is 7.11 Å². The Bertz CT molecular complexity index is 969. The maximum absolute atomic E-state index is 12.8. The van der Waals surface area contributed by atoms with Crippen molar-refractivity contribution in [3.05, 3.63) is 68.9 Å². The zero-order valence-electron chi connectivity index (χ0n) is 14.0. The Hall–Kier alpha value is -2.00. The third-order valence-corrected chi connectivity index (χ3v) is 6.13. The molecule has 1 amide bonds. The summed E-state index contributed by atoms with van der Waals surface area (Å²) >= 11 is 3.99. The number of benzene rings is 2. The number of amides is 1. The lowest BCUT2D eigenvalue weighted by molar-refractivity contribution is 0.102. The van der Waals surface area contributed by atoms with E-state index in [0.29, 0.717) is 5.56 Å². The number of carbonyl (C=O) groups is 1. The highest BCUT2D eigenvalue weighted by atomic mass is 127. The number of nitrogens with one attached hydrogen (secondary N) is 1. The van der Waals surface area contributed by atoms with Gasteiger partial charge >= 0.3 is 0 Å². The lowest BCUT2D eigenvalue weighted by atomic mass is 10.2. The highest BCUT2D eigenvalue weighted by molar-refractivity contribution is 14.1. The maximum Gasteiger partial charge on any atom is 0.257 e. The summed E-state index contributed by atoms with van der Waals surface area (Å²) in [4.78, 5) is 12.8. The number of aromatic nitrogens is 2. The molecule has 5 nitrogen and oxygen atoms in total. The molecule has 132 valence electrons. The van der Waals surface area contributed by atoms with Gasteiger partial charge in [0.05, 0.1) is 24.1 Å². The van der Waals surface area contributed by atoms with E-state index in [2.05, 4.69) is 27.9 Å². The predicted octanol–water partition coefficient (Wildman–Crippen LogP) is 4.48. The maximum atomic E-state index is 12.8. The molecular weight excluding hydrogens is 461 g/mol. The van der Waals surface area contributed by atoms with E-state index in [1.807, 2.05) is 65.0 Å². The Morgan fingerprint density at radius 1 is 1.19 bits per heavy atom. The van der Waals surface area contributed by atoms with Crippen molar-refractivity contribution in [3.8, 4) is 11.4 Å². The number of methoxy groups -OCH3 is 1. The zero-order valence-corrected chi connectivity index (χ0v) is 17.0. The summed E-state index contributed by atoms with van der Waals surface area (Å²) in [6.07, 6.45) is 0. The number of rotatable bonds is 4. The van der Waals surface area contributed by atoms with Gasteiger partial charge in [0.2, 0.25) is 0 Å². The van der Waals surface area contributed by atoms with Crippen molar-refractivity contribution in [2.24, 2.45) is 0 Å². The molecule has 2 heterocycles. The molecule has 3 aromatic rings. The van der Waals surface area contributed by atoms with Gasteiger partial charge in [0.25, 0.3) is 5.91 Å². The van der Waals surface area contributed by atoms with Gasteiger partial charge < -0.3 is 10.1 Å². The van der Waals surface area contributed by atoms with E-state index in [1.165, 1.54) is 0 Å². The third kappa shape index (κ3) is 3.21. The van der Waals surface area contributed by atoms with Crippen molar-refractivity contribution >= 4 is 46.1 Å². The summed E-state index contributed by atoms with van der Waals surface area (Å²) in [5.41, 5.74) is 3.69. The van der Waals surface area contributed by atoms with Gasteiger partial charge in [0.1, 0.15) is 11.6 Å². The van der Waals surface area contributed by atoms with Crippen LogP contribution >= 0.6 is 34.4 Å². The molecule has 1 aliphatic rings. The molecule has 7 heteroatoms. The van der Waals surface area contributed by atoms with E-state index in [9.17, 15) is 4.79 Å². The minimum absolute atomic E-state index is 0.121. The molecule has 1 N–H and O–H groups in total. The Morgan fingerprint density at radius 2 is 1.96 bits per heavy atom. The SMILES string of the molecule is COc1ccc(-n2nc3c(c2NC(=O)c2ccccc2I)CSC3)cc1. The summed E-state index contributed by atoms with van der Waals surface area (Å²) in [5.74, 6) is 3.13. The molecule has 0 fully saturated rings. The molecule has 0 radical (unpaired) electrons. The first-order valence-electron chi connectivity index (χ1n) is 8.06. The summed E-state index contributed by atoms with van der Waals surface area (Å²) in [7, 11) is 1.64. The van der Waals surface area contributed by atoms with Crippen LogP contribution in [0.25, 0.3) is 5.69 Å². The van der Waals surface area contributed by atoms with Gasteiger partial charge in [-0.1, -0.05) is 12.1 Å². The second kappa shape index (κ2) is 7.32. The number of halogens is 1. The number of ether oxygens (including phenoxy) is 1. The summed E-state index contributed by atoms with van der Waals surface area (Å²) in [6.45, 7) is 0. The van der Waals surface area contributed by atoms with Crippen molar-refractivity contribution in [1.82, 2.24) is 9.78 Å². The van der Waals surface area contributed by atoms with Crippen LogP contribution in [0.2, 0.25) is 0 Å². The predicted molar refractivity (Wildman–Crippen MR) is 112 cm³/mol. The number of nitrogens with zero attached hydrogens (tertiary/aromatic N) is 2. The molecule has 0 unspecified atom stereocenters. The molecule has 0 aliphatic carbocycles. The average molecular weight is 477 g/mol. The zero-order chi connectivity index (χ0) is 18.1. The topological polar surface area (TPSA) is 56.1 Å². The standard InChI is InChI=1S/C19H16IN3O2S/c1-25-13-8-6-12(7-9-13)23-18(15-10-26-11-17(15)22-23)21-19(24)14-4-2-3-5-16(14)20/h2-9H,10-11H2,1H3,(H,21,24). The first kappa shape index (κ1) is 17.4. The minimum Gasteiger partial charge on any atom is -0.497 e. The van der Waals surface area contributed by atoms with Crippen LogP contribution in [0.5, 0.6) is 5.75 Å². The lowest BCUT2D eigenvalue weighted by Gasteiger charge is -2.12. The highest BCUT2D eigenvalue weighted by Gasteiger charge is 2.25. The first-order valence-corrected chi connectivity index (χ1v) is 10.3. The number of anilines is 1. The van der Waals surface area contributed by atoms with Crippen molar-refractivity contribution in [1.29, 1.82) is 0 Å². The van der Waals surface area contributed by atoms with Gasteiger partial charge in [-0.15, -0.1) is 0 Å². The molecule has 0 atom stereocenters. The van der Waals surface area contributed by atoms with Crippen LogP contribution in [-0.2, 0) is 11.5 Å².